The molecule has 1 rings (SSSR count). The Morgan fingerprint density at radius 2 is 2.05 bits per heavy atom. The number of hydrogen-bond donors (Lipinski definition) is 1. The second-order valence-corrected chi connectivity index (χ2v) is 7.03. The van der Waals surface area contributed by atoms with Crippen LogP contribution in [0.3, 0.4) is 0 Å². The van der Waals surface area contributed by atoms with Crippen molar-refractivity contribution in [3.8, 4) is 5.88 Å². The zero-order valence-corrected chi connectivity index (χ0v) is 14.0. The highest BCUT2D eigenvalue weighted by Gasteiger charge is 2.10. The van der Waals surface area contributed by atoms with Gasteiger partial charge < -0.3 is 10.1 Å². The summed E-state index contributed by atoms with van der Waals surface area (Å²) in [7, 11) is 0. The Morgan fingerprint density at radius 1 is 1.35 bits per heavy atom. The number of halogens is 1. The quantitative estimate of drug-likeness (QED) is 0.756. The Balaban J connectivity index is 2.47. The Bertz CT molecular complexity index is 413. The Morgan fingerprint density at radius 3 is 2.60 bits per heavy atom. The van der Waals surface area contributed by atoms with E-state index >= 15 is 0 Å². The van der Waals surface area contributed by atoms with Crippen LogP contribution in [0.4, 0.5) is 0 Å². The topological polar surface area (TPSA) is 34.1 Å². The smallest absolute Gasteiger partial charge is 0.232 e. The van der Waals surface area contributed by atoms with Crippen LogP contribution >= 0.6 is 11.6 Å². The lowest BCUT2D eigenvalue weighted by atomic mass is 10.1. The molecule has 0 saturated heterocycles. The average molecular weight is 299 g/mol. The molecule has 0 aliphatic rings. The number of pyridine rings is 1. The molecule has 0 saturated carbocycles. The summed E-state index contributed by atoms with van der Waals surface area (Å²) in [6.07, 6.45) is 4.01. The Kier molecular flexibility index (Phi) is 6.77. The van der Waals surface area contributed by atoms with Crippen molar-refractivity contribution in [3.63, 3.8) is 0 Å². The molecule has 0 unspecified atom stereocenters. The highest BCUT2D eigenvalue weighted by molar-refractivity contribution is 6.31. The molecule has 0 aliphatic carbocycles. The van der Waals surface area contributed by atoms with E-state index in [9.17, 15) is 0 Å². The Labute approximate surface area is 128 Å². The fourth-order valence-corrected chi connectivity index (χ4v) is 1.94. The largest absolute Gasteiger partial charge is 0.477 e. The molecule has 0 atom stereocenters. The SMILES string of the molecule is CC(C)CCCOc1ncc(CNC(C)(C)C)cc1Cl. The first kappa shape index (κ1) is 17.3. The minimum Gasteiger partial charge on any atom is -0.477 e. The summed E-state index contributed by atoms with van der Waals surface area (Å²) in [4.78, 5) is 4.30. The van der Waals surface area contributed by atoms with Gasteiger partial charge >= 0.3 is 0 Å². The monoisotopic (exact) mass is 298 g/mol. The van der Waals surface area contributed by atoms with Crippen LogP contribution in [0.15, 0.2) is 12.3 Å². The van der Waals surface area contributed by atoms with Crippen LogP contribution in [-0.2, 0) is 6.54 Å². The normalized spacial score (nSPS) is 11.9. The lowest BCUT2D eigenvalue weighted by molar-refractivity contribution is 0.287. The molecule has 4 heteroatoms. The van der Waals surface area contributed by atoms with Crippen LogP contribution in [0, 0.1) is 5.92 Å². The van der Waals surface area contributed by atoms with Crippen molar-refractivity contribution in [3.05, 3.63) is 22.8 Å². The van der Waals surface area contributed by atoms with Gasteiger partial charge in [0.05, 0.1) is 6.61 Å². The number of nitrogens with one attached hydrogen (secondary N) is 1. The van der Waals surface area contributed by atoms with Crippen LogP contribution in [-0.4, -0.2) is 17.1 Å². The van der Waals surface area contributed by atoms with Crippen LogP contribution in [0.25, 0.3) is 0 Å². The third-order valence-corrected chi connectivity index (χ3v) is 3.12. The third kappa shape index (κ3) is 7.11. The first-order valence-electron chi connectivity index (χ1n) is 7.30. The van der Waals surface area contributed by atoms with Crippen molar-refractivity contribution in [2.45, 2.75) is 59.5 Å². The molecule has 0 fully saturated rings. The molecule has 1 aromatic heterocycles. The first-order valence-corrected chi connectivity index (χ1v) is 7.68. The van der Waals surface area contributed by atoms with E-state index in [1.807, 2.05) is 12.3 Å². The Hall–Kier alpha value is -0.800. The molecular weight excluding hydrogens is 272 g/mol. The lowest BCUT2D eigenvalue weighted by Crippen LogP contribution is -2.35. The summed E-state index contributed by atoms with van der Waals surface area (Å²) in [5.41, 5.74) is 1.15. The van der Waals surface area contributed by atoms with E-state index in [1.165, 1.54) is 0 Å². The van der Waals surface area contributed by atoms with Crippen LogP contribution < -0.4 is 10.1 Å². The van der Waals surface area contributed by atoms with Gasteiger partial charge in [0, 0.05) is 18.3 Å². The molecule has 0 bridgehead atoms. The molecule has 20 heavy (non-hydrogen) atoms. The van der Waals surface area contributed by atoms with E-state index in [1.54, 1.807) is 0 Å². The van der Waals surface area contributed by atoms with E-state index in [-0.39, 0.29) is 5.54 Å². The van der Waals surface area contributed by atoms with E-state index in [0.717, 1.165) is 24.9 Å². The minimum atomic E-state index is 0.0818. The van der Waals surface area contributed by atoms with Gasteiger partial charge in [-0.05, 0) is 51.2 Å². The van der Waals surface area contributed by atoms with Gasteiger partial charge in [-0.3, -0.25) is 0 Å². The van der Waals surface area contributed by atoms with Gasteiger partial charge in [0.15, 0.2) is 0 Å². The summed E-state index contributed by atoms with van der Waals surface area (Å²) in [6, 6.07) is 1.92. The molecule has 1 heterocycles. The van der Waals surface area contributed by atoms with E-state index in [4.69, 9.17) is 16.3 Å². The fraction of sp³-hybridized carbons (Fsp3) is 0.688. The third-order valence-electron chi connectivity index (χ3n) is 2.85. The second kappa shape index (κ2) is 7.84. The number of aromatic nitrogens is 1. The maximum absolute atomic E-state index is 6.21. The minimum absolute atomic E-state index is 0.0818. The van der Waals surface area contributed by atoms with Crippen molar-refractivity contribution in [2.24, 2.45) is 5.92 Å². The summed E-state index contributed by atoms with van der Waals surface area (Å²) < 4.78 is 5.62. The summed E-state index contributed by atoms with van der Waals surface area (Å²) >= 11 is 6.21. The van der Waals surface area contributed by atoms with Gasteiger partial charge in [0.2, 0.25) is 5.88 Å². The molecule has 0 spiro atoms. The molecule has 0 aliphatic heterocycles. The van der Waals surface area contributed by atoms with Crippen LogP contribution in [0.1, 0.15) is 53.0 Å². The molecule has 114 valence electrons. The van der Waals surface area contributed by atoms with Crippen molar-refractivity contribution < 1.29 is 4.74 Å². The zero-order chi connectivity index (χ0) is 15.2. The molecule has 0 amide bonds. The van der Waals surface area contributed by atoms with E-state index in [0.29, 0.717) is 23.4 Å². The zero-order valence-electron chi connectivity index (χ0n) is 13.3. The van der Waals surface area contributed by atoms with Crippen molar-refractivity contribution in [1.29, 1.82) is 0 Å². The van der Waals surface area contributed by atoms with E-state index < -0.39 is 0 Å². The molecule has 0 aromatic carbocycles. The van der Waals surface area contributed by atoms with Crippen LogP contribution in [0.2, 0.25) is 5.02 Å². The predicted octanol–water partition coefficient (Wildman–Crippen LogP) is 4.44. The molecule has 1 N–H and O–H groups in total. The van der Waals surface area contributed by atoms with Crippen molar-refractivity contribution >= 4 is 11.6 Å². The van der Waals surface area contributed by atoms with Crippen LogP contribution in [0.5, 0.6) is 5.88 Å². The second-order valence-electron chi connectivity index (χ2n) is 6.62. The maximum Gasteiger partial charge on any atom is 0.232 e. The molecular formula is C16H27ClN2O. The van der Waals surface area contributed by atoms with Crippen molar-refractivity contribution in [2.75, 3.05) is 6.61 Å². The van der Waals surface area contributed by atoms with Gasteiger partial charge in [-0.15, -0.1) is 0 Å². The van der Waals surface area contributed by atoms with Gasteiger partial charge in [0.1, 0.15) is 5.02 Å². The standard InChI is InChI=1S/C16H27ClN2O/c1-12(2)7-6-8-20-15-14(17)9-13(10-18-15)11-19-16(3,4)5/h9-10,12,19H,6-8,11H2,1-5H3. The highest BCUT2D eigenvalue weighted by atomic mass is 35.5. The molecule has 3 nitrogen and oxygen atoms in total. The van der Waals surface area contributed by atoms with E-state index in [2.05, 4.69) is 44.9 Å². The number of ether oxygens (including phenoxy) is 1. The highest BCUT2D eigenvalue weighted by Crippen LogP contribution is 2.23. The van der Waals surface area contributed by atoms with Gasteiger partial charge in [-0.1, -0.05) is 25.4 Å². The average Bonchev–Trinajstić information content (AvgIpc) is 2.33. The van der Waals surface area contributed by atoms with Gasteiger partial charge in [-0.25, -0.2) is 4.98 Å². The van der Waals surface area contributed by atoms with Gasteiger partial charge in [0.25, 0.3) is 0 Å². The molecule has 0 radical (unpaired) electrons. The van der Waals surface area contributed by atoms with Gasteiger partial charge in [-0.2, -0.15) is 0 Å². The maximum atomic E-state index is 6.21. The summed E-state index contributed by atoms with van der Waals surface area (Å²) in [6.45, 7) is 12.2. The lowest BCUT2D eigenvalue weighted by Gasteiger charge is -2.20. The summed E-state index contributed by atoms with van der Waals surface area (Å²) in [5.74, 6) is 1.24. The molecule has 1 aromatic rings. The number of hydrogen-bond acceptors (Lipinski definition) is 3. The van der Waals surface area contributed by atoms with Crippen molar-refractivity contribution in [1.82, 2.24) is 10.3 Å². The fourth-order valence-electron chi connectivity index (χ4n) is 1.70. The number of nitrogens with zero attached hydrogens (tertiary/aromatic N) is 1. The predicted molar refractivity (Wildman–Crippen MR) is 85.4 cm³/mol. The number of rotatable bonds is 7. The first-order chi connectivity index (χ1) is 9.28. The summed E-state index contributed by atoms with van der Waals surface area (Å²) in [5, 5.41) is 4.00.